The van der Waals surface area contributed by atoms with E-state index >= 15 is 0 Å². The second-order valence-corrected chi connectivity index (χ2v) is 6.82. The molecule has 0 fully saturated rings. The van der Waals surface area contributed by atoms with Gasteiger partial charge < -0.3 is 10.1 Å². The van der Waals surface area contributed by atoms with E-state index in [2.05, 4.69) is 24.2 Å². The lowest BCUT2D eigenvalue weighted by molar-refractivity contribution is 0.0995. The summed E-state index contributed by atoms with van der Waals surface area (Å²) >= 11 is 0. The molecule has 0 aromatic heterocycles. The Labute approximate surface area is 144 Å². The van der Waals surface area contributed by atoms with E-state index in [1.54, 1.807) is 0 Å². The Bertz CT molecular complexity index is 291. The van der Waals surface area contributed by atoms with Crippen molar-refractivity contribution in [1.29, 1.82) is 0 Å². The Hall–Kier alpha value is -0.570. The molecule has 1 aliphatic rings. The maximum absolute atomic E-state index is 5.83. The number of nitrogens with one attached hydrogen (secondary N) is 1. The summed E-state index contributed by atoms with van der Waals surface area (Å²) < 4.78 is 5.83. The van der Waals surface area contributed by atoms with Crippen LogP contribution in [-0.4, -0.2) is 31.6 Å². The van der Waals surface area contributed by atoms with Crippen molar-refractivity contribution in [2.75, 3.05) is 19.7 Å². The molecule has 0 spiro atoms. The molecule has 0 amide bonds. The molecule has 23 heavy (non-hydrogen) atoms. The molecule has 1 unspecified atom stereocenters. The Morgan fingerprint density at radius 2 is 1.43 bits per heavy atom. The van der Waals surface area contributed by atoms with Crippen molar-refractivity contribution in [3.63, 3.8) is 0 Å². The molecule has 0 bridgehead atoms. The van der Waals surface area contributed by atoms with Crippen LogP contribution in [0, 0.1) is 0 Å². The fraction of sp³-hybridized carbons (Fsp3) is 0.950. The molecule has 0 saturated heterocycles. The summed E-state index contributed by atoms with van der Waals surface area (Å²) in [6.45, 7) is 7.04. The Kier molecular flexibility index (Phi) is 13.3. The molecule has 1 heterocycles. The third kappa shape index (κ3) is 10.8. The summed E-state index contributed by atoms with van der Waals surface area (Å²) in [5.41, 5.74) is 0. The fourth-order valence-electron chi connectivity index (χ4n) is 3.30. The Morgan fingerprint density at radius 1 is 0.870 bits per heavy atom. The monoisotopic (exact) mass is 324 g/mol. The smallest absolute Gasteiger partial charge is 0.126 e. The first-order valence-corrected chi connectivity index (χ1v) is 10.3. The molecule has 0 saturated carbocycles. The second kappa shape index (κ2) is 15.0. The SMILES string of the molecule is CCCCCCCCCCCCCCC(OCC)C1=NCCN1. The van der Waals surface area contributed by atoms with Crippen molar-refractivity contribution < 1.29 is 4.74 Å². The predicted octanol–water partition coefficient (Wildman–Crippen LogP) is 5.48. The van der Waals surface area contributed by atoms with Crippen molar-refractivity contribution in [2.45, 2.75) is 103 Å². The molecule has 3 nitrogen and oxygen atoms in total. The first kappa shape index (κ1) is 20.5. The summed E-state index contributed by atoms with van der Waals surface area (Å²) in [6, 6.07) is 0. The highest BCUT2D eigenvalue weighted by Gasteiger charge is 2.18. The number of nitrogens with zero attached hydrogens (tertiary/aromatic N) is 1. The van der Waals surface area contributed by atoms with Gasteiger partial charge in [0.2, 0.25) is 0 Å². The number of hydrogen-bond donors (Lipinski definition) is 1. The lowest BCUT2D eigenvalue weighted by atomic mass is 10.0. The van der Waals surface area contributed by atoms with E-state index < -0.39 is 0 Å². The van der Waals surface area contributed by atoms with Gasteiger partial charge in [-0.3, -0.25) is 4.99 Å². The number of aliphatic imine (C=N–C) groups is 1. The summed E-state index contributed by atoms with van der Waals surface area (Å²) in [5, 5.41) is 3.36. The van der Waals surface area contributed by atoms with Crippen LogP contribution in [0.3, 0.4) is 0 Å². The van der Waals surface area contributed by atoms with Crippen LogP contribution in [0.15, 0.2) is 4.99 Å². The zero-order valence-electron chi connectivity index (χ0n) is 15.7. The Morgan fingerprint density at radius 3 is 1.91 bits per heavy atom. The molecule has 1 N–H and O–H groups in total. The van der Waals surface area contributed by atoms with Crippen LogP contribution in [0.4, 0.5) is 0 Å². The largest absolute Gasteiger partial charge is 0.371 e. The minimum Gasteiger partial charge on any atom is -0.371 e. The standard InChI is InChI=1S/C20H40N2O/c1-3-5-6-7-8-9-10-11-12-13-14-15-16-19(23-4-2)20-21-17-18-22-20/h19H,3-18H2,1-2H3,(H,21,22). The fourth-order valence-corrected chi connectivity index (χ4v) is 3.30. The topological polar surface area (TPSA) is 33.6 Å². The quantitative estimate of drug-likeness (QED) is 0.381. The average Bonchev–Trinajstić information content (AvgIpc) is 3.09. The summed E-state index contributed by atoms with van der Waals surface area (Å²) in [7, 11) is 0. The highest BCUT2D eigenvalue weighted by atomic mass is 16.5. The first-order chi connectivity index (χ1) is 11.4. The molecule has 3 heteroatoms. The van der Waals surface area contributed by atoms with E-state index in [4.69, 9.17) is 4.74 Å². The van der Waals surface area contributed by atoms with E-state index in [1.165, 1.54) is 77.0 Å². The van der Waals surface area contributed by atoms with Gasteiger partial charge in [0.15, 0.2) is 0 Å². The molecular weight excluding hydrogens is 284 g/mol. The minimum absolute atomic E-state index is 0.214. The van der Waals surface area contributed by atoms with Gasteiger partial charge in [-0.25, -0.2) is 0 Å². The van der Waals surface area contributed by atoms with Crippen LogP contribution in [0.2, 0.25) is 0 Å². The van der Waals surface area contributed by atoms with E-state index in [1.807, 2.05) is 0 Å². The van der Waals surface area contributed by atoms with Crippen LogP contribution >= 0.6 is 0 Å². The van der Waals surface area contributed by atoms with Gasteiger partial charge in [-0.15, -0.1) is 0 Å². The maximum Gasteiger partial charge on any atom is 0.126 e. The van der Waals surface area contributed by atoms with E-state index in [-0.39, 0.29) is 6.10 Å². The minimum atomic E-state index is 0.214. The molecule has 1 atom stereocenters. The average molecular weight is 325 g/mol. The van der Waals surface area contributed by atoms with E-state index in [0.717, 1.165) is 32.0 Å². The summed E-state index contributed by atoms with van der Waals surface area (Å²) in [5.74, 6) is 1.09. The number of ether oxygens (including phenoxy) is 1. The number of unbranched alkanes of at least 4 members (excludes halogenated alkanes) is 11. The third-order valence-corrected chi connectivity index (χ3v) is 4.69. The van der Waals surface area contributed by atoms with Crippen LogP contribution in [0.1, 0.15) is 97.3 Å². The summed E-state index contributed by atoms with van der Waals surface area (Å²) in [6.07, 6.45) is 18.2. The third-order valence-electron chi connectivity index (χ3n) is 4.69. The van der Waals surface area contributed by atoms with Crippen LogP contribution < -0.4 is 5.32 Å². The first-order valence-electron chi connectivity index (χ1n) is 10.3. The molecule has 0 aromatic carbocycles. The Balaban J connectivity index is 1.88. The van der Waals surface area contributed by atoms with Crippen molar-refractivity contribution in [3.8, 4) is 0 Å². The van der Waals surface area contributed by atoms with Gasteiger partial charge in [0, 0.05) is 13.2 Å². The van der Waals surface area contributed by atoms with Gasteiger partial charge in [0.05, 0.1) is 6.54 Å². The van der Waals surface area contributed by atoms with Gasteiger partial charge in [-0.1, -0.05) is 84.0 Å². The zero-order chi connectivity index (χ0) is 16.6. The molecule has 0 aromatic rings. The van der Waals surface area contributed by atoms with Crippen LogP contribution in [0.25, 0.3) is 0 Å². The summed E-state index contributed by atoms with van der Waals surface area (Å²) in [4.78, 5) is 4.51. The highest BCUT2D eigenvalue weighted by molar-refractivity contribution is 5.87. The highest BCUT2D eigenvalue weighted by Crippen LogP contribution is 2.14. The van der Waals surface area contributed by atoms with E-state index in [0.29, 0.717) is 0 Å². The van der Waals surface area contributed by atoms with Gasteiger partial charge in [0.1, 0.15) is 11.9 Å². The van der Waals surface area contributed by atoms with Gasteiger partial charge >= 0.3 is 0 Å². The van der Waals surface area contributed by atoms with Gasteiger partial charge in [0.25, 0.3) is 0 Å². The van der Waals surface area contributed by atoms with Crippen LogP contribution in [0.5, 0.6) is 0 Å². The molecule has 1 aliphatic heterocycles. The number of rotatable bonds is 16. The van der Waals surface area contributed by atoms with Crippen LogP contribution in [-0.2, 0) is 4.74 Å². The normalized spacial score (nSPS) is 15.5. The predicted molar refractivity (Wildman–Crippen MR) is 101 cm³/mol. The lowest BCUT2D eigenvalue weighted by Crippen LogP contribution is -2.33. The number of amidine groups is 1. The van der Waals surface area contributed by atoms with Gasteiger partial charge in [-0.2, -0.15) is 0 Å². The maximum atomic E-state index is 5.83. The van der Waals surface area contributed by atoms with Crippen molar-refractivity contribution in [1.82, 2.24) is 5.32 Å². The zero-order valence-corrected chi connectivity index (χ0v) is 15.7. The molecular formula is C20H40N2O. The molecule has 136 valence electrons. The molecule has 0 aliphatic carbocycles. The molecule has 0 radical (unpaired) electrons. The van der Waals surface area contributed by atoms with Gasteiger partial charge in [-0.05, 0) is 13.3 Å². The van der Waals surface area contributed by atoms with E-state index in [9.17, 15) is 0 Å². The van der Waals surface area contributed by atoms with Crippen molar-refractivity contribution in [2.24, 2.45) is 4.99 Å². The van der Waals surface area contributed by atoms with Crippen molar-refractivity contribution >= 4 is 5.84 Å². The lowest BCUT2D eigenvalue weighted by Gasteiger charge is -2.17. The van der Waals surface area contributed by atoms with Crippen molar-refractivity contribution in [3.05, 3.63) is 0 Å². The number of hydrogen-bond acceptors (Lipinski definition) is 3. The second-order valence-electron chi connectivity index (χ2n) is 6.82. The molecule has 1 rings (SSSR count).